The zero-order chi connectivity index (χ0) is 13.1. The fraction of sp³-hybridized carbons (Fsp3) is 0.933. The van der Waals surface area contributed by atoms with Gasteiger partial charge in [-0.15, -0.1) is 0 Å². The third kappa shape index (κ3) is 3.93. The lowest BCUT2D eigenvalue weighted by Gasteiger charge is -2.36. The second kappa shape index (κ2) is 6.23. The zero-order valence-corrected chi connectivity index (χ0v) is 11.8. The molecule has 3 aliphatic rings. The van der Waals surface area contributed by atoms with Gasteiger partial charge in [-0.1, -0.05) is 0 Å². The van der Waals surface area contributed by atoms with Gasteiger partial charge < -0.3 is 15.0 Å². The number of likely N-dealkylation sites (tertiary alicyclic amines) is 1. The average Bonchev–Trinajstić information content (AvgIpc) is 3.24. The van der Waals surface area contributed by atoms with E-state index in [1.54, 1.807) is 0 Å². The lowest BCUT2D eigenvalue weighted by atomic mass is 9.99. The first-order valence-electron chi connectivity index (χ1n) is 7.92. The Morgan fingerprint density at radius 3 is 2.84 bits per heavy atom. The SMILES string of the molecule is O=C(NC1CCCN(CC2CCCOC2)C1)C1CC1. The Balaban J connectivity index is 1.42. The first kappa shape index (κ1) is 13.4. The molecule has 19 heavy (non-hydrogen) atoms. The van der Waals surface area contributed by atoms with Gasteiger partial charge in [-0.05, 0) is 51.0 Å². The third-order valence-corrected chi connectivity index (χ3v) is 4.57. The minimum absolute atomic E-state index is 0.299. The van der Waals surface area contributed by atoms with Crippen molar-refractivity contribution in [2.75, 3.05) is 32.8 Å². The summed E-state index contributed by atoms with van der Waals surface area (Å²) in [6.45, 7) is 5.24. The first-order chi connectivity index (χ1) is 9.31. The van der Waals surface area contributed by atoms with Gasteiger partial charge in [0.2, 0.25) is 5.91 Å². The molecule has 1 aliphatic carbocycles. The topological polar surface area (TPSA) is 41.6 Å². The van der Waals surface area contributed by atoms with Crippen LogP contribution in [0.25, 0.3) is 0 Å². The molecule has 2 heterocycles. The Morgan fingerprint density at radius 1 is 1.21 bits per heavy atom. The van der Waals surface area contributed by atoms with Gasteiger partial charge in [-0.25, -0.2) is 0 Å². The van der Waals surface area contributed by atoms with E-state index >= 15 is 0 Å². The van der Waals surface area contributed by atoms with Crippen LogP contribution in [-0.4, -0.2) is 49.7 Å². The molecule has 4 heteroatoms. The van der Waals surface area contributed by atoms with E-state index in [-0.39, 0.29) is 0 Å². The highest BCUT2D eigenvalue weighted by molar-refractivity contribution is 5.81. The standard InChI is InChI=1S/C15H26N2O2/c18-15(13-5-6-13)16-14-4-1-7-17(10-14)9-12-3-2-8-19-11-12/h12-14H,1-11H2,(H,16,18). The van der Waals surface area contributed by atoms with E-state index in [0.29, 0.717) is 23.8 Å². The summed E-state index contributed by atoms with van der Waals surface area (Å²) in [5.41, 5.74) is 0. The Kier molecular flexibility index (Phi) is 4.38. The highest BCUT2D eigenvalue weighted by Gasteiger charge is 2.32. The van der Waals surface area contributed by atoms with Crippen molar-refractivity contribution in [1.29, 1.82) is 0 Å². The van der Waals surface area contributed by atoms with E-state index in [9.17, 15) is 4.79 Å². The van der Waals surface area contributed by atoms with Crippen molar-refractivity contribution in [2.24, 2.45) is 11.8 Å². The normalized spacial score (nSPS) is 33.1. The monoisotopic (exact) mass is 266 g/mol. The van der Waals surface area contributed by atoms with Gasteiger partial charge in [-0.2, -0.15) is 0 Å². The second-order valence-electron chi connectivity index (χ2n) is 6.46. The molecule has 2 aliphatic heterocycles. The van der Waals surface area contributed by atoms with Crippen molar-refractivity contribution >= 4 is 5.91 Å². The van der Waals surface area contributed by atoms with Gasteiger partial charge in [0.25, 0.3) is 0 Å². The molecular formula is C15H26N2O2. The van der Waals surface area contributed by atoms with Crippen molar-refractivity contribution < 1.29 is 9.53 Å². The molecule has 1 saturated carbocycles. The van der Waals surface area contributed by atoms with Gasteiger partial charge >= 0.3 is 0 Å². The molecule has 108 valence electrons. The molecule has 0 bridgehead atoms. The molecule has 0 aromatic rings. The quantitative estimate of drug-likeness (QED) is 0.836. The lowest BCUT2D eigenvalue weighted by molar-refractivity contribution is -0.123. The highest BCUT2D eigenvalue weighted by Crippen LogP contribution is 2.29. The second-order valence-corrected chi connectivity index (χ2v) is 6.46. The van der Waals surface area contributed by atoms with E-state index in [0.717, 1.165) is 45.6 Å². The Labute approximate surface area is 115 Å². The van der Waals surface area contributed by atoms with Gasteiger partial charge in [0.15, 0.2) is 0 Å². The molecule has 1 amide bonds. The van der Waals surface area contributed by atoms with Crippen molar-refractivity contribution in [3.63, 3.8) is 0 Å². The number of amides is 1. The Bertz CT molecular complexity index is 311. The Morgan fingerprint density at radius 2 is 2.11 bits per heavy atom. The van der Waals surface area contributed by atoms with Crippen molar-refractivity contribution in [2.45, 2.75) is 44.6 Å². The number of carbonyl (C=O) groups excluding carboxylic acids is 1. The number of nitrogens with zero attached hydrogens (tertiary/aromatic N) is 1. The third-order valence-electron chi connectivity index (χ3n) is 4.57. The zero-order valence-electron chi connectivity index (χ0n) is 11.8. The smallest absolute Gasteiger partial charge is 0.223 e. The molecule has 2 saturated heterocycles. The van der Waals surface area contributed by atoms with E-state index in [1.165, 1.54) is 25.8 Å². The molecule has 1 N–H and O–H groups in total. The van der Waals surface area contributed by atoms with Crippen molar-refractivity contribution in [3.05, 3.63) is 0 Å². The van der Waals surface area contributed by atoms with Crippen LogP contribution < -0.4 is 5.32 Å². The van der Waals surface area contributed by atoms with Crippen LogP contribution in [0.2, 0.25) is 0 Å². The maximum Gasteiger partial charge on any atom is 0.223 e. The number of carbonyl (C=O) groups is 1. The minimum Gasteiger partial charge on any atom is -0.381 e. The van der Waals surface area contributed by atoms with E-state index in [4.69, 9.17) is 4.74 Å². The molecular weight excluding hydrogens is 240 g/mol. The number of rotatable bonds is 4. The summed E-state index contributed by atoms with van der Waals surface area (Å²) in [5, 5.41) is 3.24. The molecule has 4 nitrogen and oxygen atoms in total. The van der Waals surface area contributed by atoms with Gasteiger partial charge in [0, 0.05) is 31.7 Å². The van der Waals surface area contributed by atoms with Crippen LogP contribution >= 0.6 is 0 Å². The number of hydrogen-bond donors (Lipinski definition) is 1. The highest BCUT2D eigenvalue weighted by atomic mass is 16.5. The molecule has 0 aromatic carbocycles. The maximum absolute atomic E-state index is 11.8. The van der Waals surface area contributed by atoms with Crippen LogP contribution in [0.1, 0.15) is 38.5 Å². The lowest BCUT2D eigenvalue weighted by Crippen LogP contribution is -2.49. The van der Waals surface area contributed by atoms with Crippen molar-refractivity contribution in [1.82, 2.24) is 10.2 Å². The molecule has 0 radical (unpaired) electrons. The summed E-state index contributed by atoms with van der Waals surface area (Å²) in [5.74, 6) is 1.33. The van der Waals surface area contributed by atoms with E-state index in [2.05, 4.69) is 10.2 Å². The fourth-order valence-corrected chi connectivity index (χ4v) is 3.32. The summed E-state index contributed by atoms with van der Waals surface area (Å²) in [6, 6.07) is 0.381. The Hall–Kier alpha value is -0.610. The van der Waals surface area contributed by atoms with Crippen LogP contribution in [0.4, 0.5) is 0 Å². The number of piperidine rings is 1. The summed E-state index contributed by atoms with van der Waals surface area (Å²) < 4.78 is 5.56. The summed E-state index contributed by atoms with van der Waals surface area (Å²) >= 11 is 0. The molecule has 3 rings (SSSR count). The number of ether oxygens (including phenoxy) is 1. The molecule has 2 atom stereocenters. The summed E-state index contributed by atoms with van der Waals surface area (Å²) in [6.07, 6.45) is 7.07. The first-order valence-corrected chi connectivity index (χ1v) is 7.92. The predicted molar refractivity (Wildman–Crippen MR) is 73.9 cm³/mol. The molecule has 0 spiro atoms. The average molecular weight is 266 g/mol. The van der Waals surface area contributed by atoms with E-state index < -0.39 is 0 Å². The number of nitrogens with one attached hydrogen (secondary N) is 1. The maximum atomic E-state index is 11.8. The number of hydrogen-bond acceptors (Lipinski definition) is 3. The van der Waals surface area contributed by atoms with Crippen LogP contribution in [0.3, 0.4) is 0 Å². The van der Waals surface area contributed by atoms with Crippen LogP contribution in [0, 0.1) is 11.8 Å². The van der Waals surface area contributed by atoms with Gasteiger partial charge in [-0.3, -0.25) is 4.79 Å². The molecule has 3 fully saturated rings. The minimum atomic E-state index is 0.299. The van der Waals surface area contributed by atoms with Crippen molar-refractivity contribution in [3.8, 4) is 0 Å². The fourth-order valence-electron chi connectivity index (χ4n) is 3.32. The molecule has 2 unspecified atom stereocenters. The largest absolute Gasteiger partial charge is 0.381 e. The van der Waals surface area contributed by atoms with Gasteiger partial charge in [0.05, 0.1) is 6.61 Å². The van der Waals surface area contributed by atoms with Crippen LogP contribution in [-0.2, 0) is 9.53 Å². The molecule has 0 aromatic heterocycles. The predicted octanol–water partition coefficient (Wildman–Crippen LogP) is 1.40. The van der Waals surface area contributed by atoms with Gasteiger partial charge in [0.1, 0.15) is 0 Å². The summed E-state index contributed by atoms with van der Waals surface area (Å²) in [7, 11) is 0. The van der Waals surface area contributed by atoms with Crippen LogP contribution in [0.15, 0.2) is 0 Å². The van der Waals surface area contributed by atoms with E-state index in [1.807, 2.05) is 0 Å². The van der Waals surface area contributed by atoms with Crippen LogP contribution in [0.5, 0.6) is 0 Å². The summed E-state index contributed by atoms with van der Waals surface area (Å²) in [4.78, 5) is 14.3.